The zero-order valence-electron chi connectivity index (χ0n) is 14.5. The topological polar surface area (TPSA) is 44.8 Å². The number of likely N-dealkylation sites (tertiary alicyclic amines) is 2. The zero-order chi connectivity index (χ0) is 18.5. The Morgan fingerprint density at radius 1 is 1.23 bits per heavy atom. The van der Waals surface area contributed by atoms with E-state index in [0.29, 0.717) is 30.3 Å². The molecule has 0 aromatic heterocycles. The Kier molecular flexibility index (Phi) is 4.35. The van der Waals surface area contributed by atoms with Gasteiger partial charge in [-0.2, -0.15) is 0 Å². The highest BCUT2D eigenvalue weighted by atomic mass is 19.4. The molecule has 0 spiro atoms. The van der Waals surface area contributed by atoms with Crippen LogP contribution in [0.3, 0.4) is 0 Å². The Morgan fingerprint density at radius 3 is 2.54 bits per heavy atom. The Labute approximate surface area is 150 Å². The van der Waals surface area contributed by atoms with Gasteiger partial charge in [-0.15, -0.1) is 13.2 Å². The highest BCUT2D eigenvalue weighted by molar-refractivity contribution is 5.94. The minimum atomic E-state index is -4.76. The van der Waals surface area contributed by atoms with Crippen molar-refractivity contribution in [2.45, 2.75) is 12.4 Å². The third-order valence-electron chi connectivity index (χ3n) is 5.79. The van der Waals surface area contributed by atoms with E-state index in [0.717, 1.165) is 32.2 Å². The fourth-order valence-corrected chi connectivity index (χ4v) is 4.33. The largest absolute Gasteiger partial charge is 0.573 e. The number of nitrogens with zero attached hydrogens (tertiary/aromatic N) is 2. The lowest BCUT2D eigenvalue weighted by molar-refractivity contribution is -0.274. The summed E-state index contributed by atoms with van der Waals surface area (Å²) in [6.45, 7) is 5.04. The van der Waals surface area contributed by atoms with Crippen LogP contribution in [-0.2, 0) is 0 Å². The lowest BCUT2D eigenvalue weighted by Crippen LogP contribution is -2.57. The van der Waals surface area contributed by atoms with Crippen LogP contribution in [0.5, 0.6) is 5.75 Å². The van der Waals surface area contributed by atoms with Crippen molar-refractivity contribution >= 4 is 5.91 Å². The smallest absolute Gasteiger partial charge is 0.406 e. The van der Waals surface area contributed by atoms with Crippen LogP contribution in [0, 0.1) is 17.8 Å². The van der Waals surface area contributed by atoms with Crippen molar-refractivity contribution in [2.24, 2.45) is 17.8 Å². The molecule has 3 fully saturated rings. The van der Waals surface area contributed by atoms with Crippen LogP contribution in [0.15, 0.2) is 24.3 Å². The number of amides is 1. The van der Waals surface area contributed by atoms with E-state index in [-0.39, 0.29) is 17.2 Å². The molecule has 1 aliphatic carbocycles. The summed E-state index contributed by atoms with van der Waals surface area (Å²) in [4.78, 5) is 17.1. The SMILES string of the molecule is CN1CC(N2CC3C(CNC(=O)c4cccc(OC(F)(F)F)c4)C3C2)C1. The van der Waals surface area contributed by atoms with Gasteiger partial charge in [0.15, 0.2) is 0 Å². The molecular formula is C18H22F3N3O2. The third-order valence-corrected chi connectivity index (χ3v) is 5.79. The Bertz CT molecular complexity index is 679. The number of benzene rings is 1. The highest BCUT2D eigenvalue weighted by Crippen LogP contribution is 2.52. The van der Waals surface area contributed by atoms with Crippen molar-refractivity contribution in [3.05, 3.63) is 29.8 Å². The lowest BCUT2D eigenvalue weighted by atomic mass is 10.1. The predicted octanol–water partition coefficient (Wildman–Crippen LogP) is 1.81. The number of ether oxygens (including phenoxy) is 1. The van der Waals surface area contributed by atoms with Gasteiger partial charge in [0.05, 0.1) is 0 Å². The van der Waals surface area contributed by atoms with Gasteiger partial charge in [-0.1, -0.05) is 6.07 Å². The number of halogens is 3. The quantitative estimate of drug-likeness (QED) is 0.860. The van der Waals surface area contributed by atoms with Gasteiger partial charge in [0, 0.05) is 44.3 Å². The molecule has 142 valence electrons. The molecule has 5 nitrogen and oxygen atoms in total. The zero-order valence-corrected chi connectivity index (χ0v) is 14.5. The average molecular weight is 369 g/mol. The van der Waals surface area contributed by atoms with Crippen molar-refractivity contribution in [2.75, 3.05) is 39.8 Å². The molecule has 8 heteroatoms. The van der Waals surface area contributed by atoms with E-state index in [4.69, 9.17) is 0 Å². The van der Waals surface area contributed by atoms with Gasteiger partial charge in [0.25, 0.3) is 5.91 Å². The fraction of sp³-hybridized carbons (Fsp3) is 0.611. The van der Waals surface area contributed by atoms with Gasteiger partial charge in [-0.05, 0) is 43.0 Å². The Balaban J connectivity index is 1.24. The summed E-state index contributed by atoms with van der Waals surface area (Å²) in [5.41, 5.74) is 0.177. The number of rotatable bonds is 5. The Hall–Kier alpha value is -1.80. The van der Waals surface area contributed by atoms with Gasteiger partial charge < -0.3 is 15.0 Å². The molecule has 1 saturated carbocycles. The molecule has 4 rings (SSSR count). The molecule has 2 atom stereocenters. The first-order valence-electron chi connectivity index (χ1n) is 8.87. The monoisotopic (exact) mass is 369 g/mol. The van der Waals surface area contributed by atoms with Crippen LogP contribution in [0.1, 0.15) is 10.4 Å². The number of alkyl halides is 3. The molecular weight excluding hydrogens is 347 g/mol. The van der Waals surface area contributed by atoms with Crippen molar-refractivity contribution in [1.29, 1.82) is 0 Å². The van der Waals surface area contributed by atoms with E-state index < -0.39 is 6.36 Å². The molecule has 3 aliphatic rings. The normalized spacial score (nSPS) is 29.2. The van der Waals surface area contributed by atoms with E-state index >= 15 is 0 Å². The number of fused-ring (bicyclic) bond motifs is 1. The van der Waals surface area contributed by atoms with Crippen molar-refractivity contribution < 1.29 is 22.7 Å². The van der Waals surface area contributed by atoms with Crippen LogP contribution in [0.4, 0.5) is 13.2 Å². The first-order chi connectivity index (χ1) is 12.3. The molecule has 0 bridgehead atoms. The molecule has 26 heavy (non-hydrogen) atoms. The van der Waals surface area contributed by atoms with Gasteiger partial charge in [0.2, 0.25) is 0 Å². The summed E-state index contributed by atoms with van der Waals surface area (Å²) in [5.74, 6) is 1.03. The number of piperidine rings is 1. The molecule has 2 heterocycles. The summed E-state index contributed by atoms with van der Waals surface area (Å²) in [5, 5.41) is 2.86. The summed E-state index contributed by atoms with van der Waals surface area (Å²) < 4.78 is 40.7. The number of carbonyl (C=O) groups is 1. The summed E-state index contributed by atoms with van der Waals surface area (Å²) >= 11 is 0. The van der Waals surface area contributed by atoms with Crippen LogP contribution < -0.4 is 10.1 Å². The molecule has 0 radical (unpaired) electrons. The van der Waals surface area contributed by atoms with Crippen LogP contribution in [0.2, 0.25) is 0 Å². The first-order valence-corrected chi connectivity index (χ1v) is 8.87. The van der Waals surface area contributed by atoms with Crippen molar-refractivity contribution in [3.63, 3.8) is 0 Å². The maximum Gasteiger partial charge on any atom is 0.573 e. The number of likely N-dealkylation sites (N-methyl/N-ethyl adjacent to an activating group) is 1. The average Bonchev–Trinajstić information content (AvgIpc) is 2.98. The van der Waals surface area contributed by atoms with Crippen LogP contribution in [-0.4, -0.2) is 67.9 Å². The fourth-order valence-electron chi connectivity index (χ4n) is 4.33. The summed E-state index contributed by atoms with van der Waals surface area (Å²) in [7, 11) is 2.13. The minimum absolute atomic E-state index is 0.177. The van der Waals surface area contributed by atoms with E-state index in [1.807, 2.05) is 0 Å². The van der Waals surface area contributed by atoms with Gasteiger partial charge in [-0.3, -0.25) is 9.69 Å². The number of nitrogens with one attached hydrogen (secondary N) is 1. The van der Waals surface area contributed by atoms with E-state index in [2.05, 4.69) is 26.9 Å². The maximum atomic E-state index is 12.3. The molecule has 2 unspecified atom stereocenters. The second kappa shape index (κ2) is 6.42. The van der Waals surface area contributed by atoms with Crippen molar-refractivity contribution in [3.8, 4) is 5.75 Å². The van der Waals surface area contributed by atoms with E-state index in [1.54, 1.807) is 0 Å². The van der Waals surface area contributed by atoms with Crippen LogP contribution in [0.25, 0.3) is 0 Å². The number of carbonyl (C=O) groups excluding carboxylic acids is 1. The summed E-state index contributed by atoms with van der Waals surface area (Å²) in [6.07, 6.45) is -4.76. The van der Waals surface area contributed by atoms with Crippen molar-refractivity contribution in [1.82, 2.24) is 15.1 Å². The highest BCUT2D eigenvalue weighted by Gasteiger charge is 2.56. The Morgan fingerprint density at radius 2 is 1.92 bits per heavy atom. The third kappa shape index (κ3) is 3.66. The molecule has 1 aromatic rings. The van der Waals surface area contributed by atoms with E-state index in [9.17, 15) is 18.0 Å². The molecule has 2 aliphatic heterocycles. The predicted molar refractivity (Wildman–Crippen MR) is 88.8 cm³/mol. The van der Waals surface area contributed by atoms with Gasteiger partial charge in [0.1, 0.15) is 5.75 Å². The lowest BCUT2D eigenvalue weighted by Gasteiger charge is -2.42. The van der Waals surface area contributed by atoms with Gasteiger partial charge in [-0.25, -0.2) is 0 Å². The molecule has 1 aromatic carbocycles. The molecule has 1 N–H and O–H groups in total. The van der Waals surface area contributed by atoms with Crippen LogP contribution >= 0.6 is 0 Å². The van der Waals surface area contributed by atoms with E-state index in [1.165, 1.54) is 18.2 Å². The second-order valence-electron chi connectivity index (χ2n) is 7.61. The second-order valence-corrected chi connectivity index (χ2v) is 7.61. The maximum absolute atomic E-state index is 12.3. The number of hydrogen-bond donors (Lipinski definition) is 1. The minimum Gasteiger partial charge on any atom is -0.406 e. The standard InChI is InChI=1S/C18H22F3N3O2/c1-23-7-12(8-23)24-9-15-14(16(15)10-24)6-22-17(25)11-3-2-4-13(5-11)26-18(19,20)21/h2-5,12,14-16H,6-10H2,1H3,(H,22,25). The number of hydrogen-bond acceptors (Lipinski definition) is 4. The molecule has 1 amide bonds. The first kappa shape index (κ1) is 17.6. The summed E-state index contributed by atoms with van der Waals surface area (Å²) in [6, 6.07) is 5.85. The van der Waals surface area contributed by atoms with Gasteiger partial charge >= 0.3 is 6.36 Å². The molecule has 2 saturated heterocycles.